The third kappa shape index (κ3) is 1.22. The van der Waals surface area contributed by atoms with Crippen molar-refractivity contribution in [3.05, 3.63) is 30.0 Å². The van der Waals surface area contributed by atoms with Crippen LogP contribution in [0.4, 0.5) is 5.69 Å². The highest BCUT2D eigenvalue weighted by molar-refractivity contribution is 5.92. The van der Waals surface area contributed by atoms with Crippen molar-refractivity contribution in [2.24, 2.45) is 0 Å². The Morgan fingerprint density at radius 3 is 2.85 bits per heavy atom. The fourth-order valence-electron chi connectivity index (χ4n) is 1.17. The number of nitrogen functional groups attached to an aromatic ring is 1. The number of anilines is 1. The van der Waals surface area contributed by atoms with E-state index in [0.29, 0.717) is 11.3 Å². The predicted molar refractivity (Wildman–Crippen MR) is 47.5 cm³/mol. The van der Waals surface area contributed by atoms with E-state index in [-0.39, 0.29) is 5.76 Å². The zero-order chi connectivity index (χ0) is 9.42. The topological polar surface area (TPSA) is 86.1 Å². The molecule has 13 heavy (non-hydrogen) atoms. The second-order valence-electron chi connectivity index (χ2n) is 2.74. The van der Waals surface area contributed by atoms with Crippen molar-refractivity contribution < 1.29 is 9.52 Å². The van der Waals surface area contributed by atoms with Crippen LogP contribution in [0.3, 0.4) is 0 Å². The lowest BCUT2D eigenvalue weighted by Gasteiger charge is -1.99. The van der Waals surface area contributed by atoms with Gasteiger partial charge in [0, 0.05) is 17.0 Å². The van der Waals surface area contributed by atoms with Crippen LogP contribution in [0.2, 0.25) is 0 Å². The lowest BCUT2D eigenvalue weighted by Crippen LogP contribution is -2.15. The van der Waals surface area contributed by atoms with Gasteiger partial charge in [-0.05, 0) is 24.3 Å². The van der Waals surface area contributed by atoms with Crippen molar-refractivity contribution in [2.45, 2.75) is 0 Å². The molecule has 1 aromatic carbocycles. The molecule has 0 saturated heterocycles. The molecule has 0 aliphatic rings. The van der Waals surface area contributed by atoms with Gasteiger partial charge in [-0.3, -0.25) is 0 Å². The Kier molecular flexibility index (Phi) is 1.48. The number of fused-ring (bicyclic) bond motifs is 1. The first kappa shape index (κ1) is 7.67. The van der Waals surface area contributed by atoms with Gasteiger partial charge >= 0.3 is 0 Å². The summed E-state index contributed by atoms with van der Waals surface area (Å²) in [5, 5.41) is 18.2. The summed E-state index contributed by atoms with van der Waals surface area (Å²) < 4.78 is 5.09. The maximum Gasteiger partial charge on any atom is 0.138 e. The number of hydrogen-bond acceptors (Lipinski definition) is 4. The highest BCUT2D eigenvalue weighted by Gasteiger charge is 2.02. The molecule has 66 valence electrons. The molecule has 0 amide bonds. The van der Waals surface area contributed by atoms with Crippen LogP contribution in [-0.4, -0.2) is 5.90 Å². The lowest BCUT2D eigenvalue weighted by atomic mass is 10.2. The number of rotatable bonds is 1. The molecule has 1 heterocycles. The molecule has 0 bridgehead atoms. The number of furan rings is 1. The normalized spacial score (nSPS) is 10.5. The van der Waals surface area contributed by atoms with Gasteiger partial charge in [-0.1, -0.05) is 0 Å². The number of nitrogens with one attached hydrogen (secondary N) is 1. The van der Waals surface area contributed by atoms with Crippen LogP contribution in [0, 0.1) is 5.41 Å². The summed E-state index contributed by atoms with van der Waals surface area (Å²) in [5.74, 6) is -0.782. The number of hydrogen-bond donors (Lipinski definition) is 2. The Labute approximate surface area is 74.1 Å². The second kappa shape index (κ2) is 2.52. The standard InChI is InChI=1S/C9H8N2O2/c10-6-1-2-7-5(3-6)4-8(13-7)9(11)12/h1-4H,10H2,(H2,11,12)/p-1. The SMILES string of the molecule is N=C([O-])c1cc2cc(N)ccc2o1. The lowest BCUT2D eigenvalue weighted by molar-refractivity contribution is -0.216. The third-order valence-corrected chi connectivity index (χ3v) is 1.76. The van der Waals surface area contributed by atoms with Crippen LogP contribution in [0.15, 0.2) is 28.7 Å². The average Bonchev–Trinajstić information content (AvgIpc) is 2.46. The molecule has 4 nitrogen and oxygen atoms in total. The first-order valence-corrected chi connectivity index (χ1v) is 3.72. The molecule has 0 spiro atoms. The zero-order valence-electron chi connectivity index (χ0n) is 6.70. The Morgan fingerprint density at radius 1 is 1.38 bits per heavy atom. The predicted octanol–water partition coefficient (Wildman–Crippen LogP) is 0.701. The van der Waals surface area contributed by atoms with Crippen LogP contribution >= 0.6 is 0 Å². The van der Waals surface area contributed by atoms with Crippen LogP contribution in [0.25, 0.3) is 11.0 Å². The molecule has 0 aliphatic carbocycles. The molecule has 3 N–H and O–H groups in total. The van der Waals surface area contributed by atoms with Gasteiger partial charge in [0.15, 0.2) is 0 Å². The monoisotopic (exact) mass is 175 g/mol. The minimum atomic E-state index is -0.824. The highest BCUT2D eigenvalue weighted by atomic mass is 16.4. The number of benzene rings is 1. The molecular formula is C9H7N2O2-. The molecule has 0 atom stereocenters. The fraction of sp³-hybridized carbons (Fsp3) is 0. The molecule has 0 unspecified atom stereocenters. The summed E-state index contributed by atoms with van der Waals surface area (Å²) >= 11 is 0. The Hall–Kier alpha value is -1.97. The molecule has 0 radical (unpaired) electrons. The van der Waals surface area contributed by atoms with E-state index in [1.165, 1.54) is 6.07 Å². The van der Waals surface area contributed by atoms with E-state index >= 15 is 0 Å². The van der Waals surface area contributed by atoms with E-state index in [1.54, 1.807) is 18.2 Å². The molecule has 0 aliphatic heterocycles. The smallest absolute Gasteiger partial charge is 0.138 e. The van der Waals surface area contributed by atoms with E-state index < -0.39 is 5.90 Å². The second-order valence-corrected chi connectivity index (χ2v) is 2.74. The molecule has 2 aromatic rings. The minimum absolute atomic E-state index is 0.0422. The Balaban J connectivity index is 2.68. The van der Waals surface area contributed by atoms with E-state index in [9.17, 15) is 5.11 Å². The third-order valence-electron chi connectivity index (χ3n) is 1.76. The summed E-state index contributed by atoms with van der Waals surface area (Å²) in [6, 6.07) is 6.58. The van der Waals surface area contributed by atoms with Crippen LogP contribution in [0.1, 0.15) is 5.76 Å². The molecule has 2 rings (SSSR count). The summed E-state index contributed by atoms with van der Waals surface area (Å²) in [6.07, 6.45) is 0. The first-order chi connectivity index (χ1) is 6.16. The molecule has 4 heteroatoms. The van der Waals surface area contributed by atoms with Gasteiger partial charge in [-0.25, -0.2) is 0 Å². The van der Waals surface area contributed by atoms with Crippen LogP contribution < -0.4 is 10.8 Å². The van der Waals surface area contributed by atoms with Crippen LogP contribution in [0.5, 0.6) is 0 Å². The van der Waals surface area contributed by atoms with Crippen molar-refractivity contribution in [3.63, 3.8) is 0 Å². The fourth-order valence-corrected chi connectivity index (χ4v) is 1.17. The van der Waals surface area contributed by atoms with Gasteiger partial charge in [-0.2, -0.15) is 0 Å². The largest absolute Gasteiger partial charge is 0.857 e. The van der Waals surface area contributed by atoms with Crippen molar-refractivity contribution >= 4 is 22.6 Å². The number of nitrogens with two attached hydrogens (primary N) is 1. The van der Waals surface area contributed by atoms with Gasteiger partial charge in [0.2, 0.25) is 0 Å². The van der Waals surface area contributed by atoms with E-state index in [2.05, 4.69) is 0 Å². The Morgan fingerprint density at radius 2 is 2.15 bits per heavy atom. The van der Waals surface area contributed by atoms with Crippen molar-refractivity contribution in [3.8, 4) is 0 Å². The first-order valence-electron chi connectivity index (χ1n) is 3.72. The molecule has 0 fully saturated rings. The zero-order valence-corrected chi connectivity index (χ0v) is 6.70. The highest BCUT2D eigenvalue weighted by Crippen LogP contribution is 2.21. The van der Waals surface area contributed by atoms with E-state index in [0.717, 1.165) is 5.39 Å². The summed E-state index contributed by atoms with van der Waals surface area (Å²) in [7, 11) is 0. The summed E-state index contributed by atoms with van der Waals surface area (Å²) in [5.41, 5.74) is 6.72. The van der Waals surface area contributed by atoms with Gasteiger partial charge in [0.25, 0.3) is 0 Å². The quantitative estimate of drug-likeness (QED) is 0.380. The van der Waals surface area contributed by atoms with E-state index in [4.69, 9.17) is 15.6 Å². The van der Waals surface area contributed by atoms with Gasteiger partial charge < -0.3 is 20.7 Å². The molecule has 1 aromatic heterocycles. The molecule has 0 saturated carbocycles. The minimum Gasteiger partial charge on any atom is -0.857 e. The Bertz CT molecular complexity index is 473. The summed E-state index contributed by atoms with van der Waals surface area (Å²) in [6.45, 7) is 0. The van der Waals surface area contributed by atoms with Crippen LogP contribution in [-0.2, 0) is 0 Å². The van der Waals surface area contributed by atoms with Gasteiger partial charge in [0.1, 0.15) is 11.3 Å². The van der Waals surface area contributed by atoms with Crippen molar-refractivity contribution in [1.82, 2.24) is 0 Å². The maximum absolute atomic E-state index is 10.6. The van der Waals surface area contributed by atoms with Gasteiger partial charge in [0.05, 0.1) is 0 Å². The van der Waals surface area contributed by atoms with Gasteiger partial charge in [-0.15, -0.1) is 0 Å². The maximum atomic E-state index is 10.6. The summed E-state index contributed by atoms with van der Waals surface area (Å²) in [4.78, 5) is 0. The van der Waals surface area contributed by atoms with E-state index in [1.807, 2.05) is 0 Å². The van der Waals surface area contributed by atoms with Crippen molar-refractivity contribution in [2.75, 3.05) is 5.73 Å². The van der Waals surface area contributed by atoms with Crippen molar-refractivity contribution in [1.29, 1.82) is 5.41 Å². The molecular weight excluding hydrogens is 168 g/mol. The average molecular weight is 175 g/mol.